The molecule has 0 spiro atoms. The van der Waals surface area contributed by atoms with Crippen LogP contribution in [0.2, 0.25) is 0 Å². The van der Waals surface area contributed by atoms with Crippen LogP contribution in [0.3, 0.4) is 0 Å². The monoisotopic (exact) mass is 576 g/mol. The molecule has 2 fully saturated rings. The third kappa shape index (κ3) is 7.31. The number of amides is 1. The van der Waals surface area contributed by atoms with E-state index in [1.54, 1.807) is 9.80 Å². The van der Waals surface area contributed by atoms with Crippen molar-refractivity contribution in [3.05, 3.63) is 57.8 Å². The van der Waals surface area contributed by atoms with Crippen LogP contribution >= 0.6 is 0 Å². The van der Waals surface area contributed by atoms with Crippen molar-refractivity contribution in [3.63, 3.8) is 0 Å². The number of carbonyl (C=O) groups is 1. The zero-order valence-corrected chi connectivity index (χ0v) is 21.1. The number of hydrogen-bond acceptors (Lipinski definition) is 7. The van der Waals surface area contributed by atoms with Crippen LogP contribution < -0.4 is 9.64 Å². The molecule has 1 saturated carbocycles. The molecule has 0 N–H and O–H groups in total. The molecule has 9 nitrogen and oxygen atoms in total. The summed E-state index contributed by atoms with van der Waals surface area (Å²) < 4.78 is 89.2. The number of rotatable bonds is 7. The number of nitro benzene ring substituents is 1. The molecule has 218 valence electrons. The lowest BCUT2D eigenvalue weighted by molar-refractivity contribution is -0.388. The summed E-state index contributed by atoms with van der Waals surface area (Å²) in [5.41, 5.74) is -3.24. The van der Waals surface area contributed by atoms with Crippen molar-refractivity contribution in [1.82, 2.24) is 9.88 Å². The Morgan fingerprint density at radius 3 is 2.15 bits per heavy atom. The van der Waals surface area contributed by atoms with Gasteiger partial charge in [0.05, 0.1) is 22.7 Å². The molecule has 0 unspecified atom stereocenters. The highest BCUT2D eigenvalue weighted by molar-refractivity contribution is 5.77. The average molecular weight is 576 g/mol. The smallest absolute Gasteiger partial charge is 0.423 e. The summed E-state index contributed by atoms with van der Waals surface area (Å²) in [6.07, 6.45) is -7.23. The van der Waals surface area contributed by atoms with E-state index >= 15 is 0 Å². The van der Waals surface area contributed by atoms with Crippen molar-refractivity contribution >= 4 is 17.4 Å². The maximum atomic E-state index is 13.2. The first-order valence-corrected chi connectivity index (χ1v) is 12.5. The molecular formula is C25H26F6N4O5. The Bertz CT molecular complexity index is 1190. The van der Waals surface area contributed by atoms with Crippen LogP contribution in [0.1, 0.15) is 36.8 Å². The molecule has 1 aliphatic carbocycles. The predicted molar refractivity (Wildman–Crippen MR) is 129 cm³/mol. The lowest BCUT2D eigenvalue weighted by Crippen LogP contribution is -2.50. The fourth-order valence-corrected chi connectivity index (χ4v) is 4.69. The average Bonchev–Trinajstić information content (AvgIpc) is 2.91. The number of alkyl halides is 6. The van der Waals surface area contributed by atoms with Crippen LogP contribution in [0.4, 0.5) is 37.8 Å². The van der Waals surface area contributed by atoms with E-state index in [4.69, 9.17) is 9.47 Å². The summed E-state index contributed by atoms with van der Waals surface area (Å²) in [4.78, 5) is 29.7. The number of benzene rings is 1. The first-order chi connectivity index (χ1) is 18.8. The Balaban J connectivity index is 1.19. The van der Waals surface area contributed by atoms with Crippen LogP contribution in [0.5, 0.6) is 5.75 Å². The van der Waals surface area contributed by atoms with Gasteiger partial charge < -0.3 is 19.3 Å². The lowest BCUT2D eigenvalue weighted by Gasteiger charge is -2.36. The van der Waals surface area contributed by atoms with Gasteiger partial charge in [0, 0.05) is 38.4 Å². The van der Waals surface area contributed by atoms with E-state index in [0.717, 1.165) is 24.4 Å². The van der Waals surface area contributed by atoms with E-state index < -0.39 is 40.2 Å². The molecule has 1 amide bonds. The number of hydrogen-bond donors (Lipinski definition) is 0. The molecule has 1 aliphatic heterocycles. The molecule has 1 aromatic carbocycles. The van der Waals surface area contributed by atoms with Gasteiger partial charge in [-0.25, -0.2) is 4.98 Å². The number of pyridine rings is 1. The summed E-state index contributed by atoms with van der Waals surface area (Å²) in [6.45, 7) is 1.39. The second-order valence-corrected chi connectivity index (χ2v) is 9.53. The van der Waals surface area contributed by atoms with Gasteiger partial charge in [0.15, 0.2) is 0 Å². The first kappa shape index (κ1) is 29.4. The minimum absolute atomic E-state index is 0.108. The summed E-state index contributed by atoms with van der Waals surface area (Å²) in [6, 6.07) is 4.83. The Labute approximate surface area is 224 Å². The van der Waals surface area contributed by atoms with Crippen LogP contribution in [-0.2, 0) is 21.9 Å². The molecule has 2 aliphatic rings. The molecule has 0 radical (unpaired) electrons. The summed E-state index contributed by atoms with van der Waals surface area (Å²) in [5.74, 6) is 0.0748. The third-order valence-corrected chi connectivity index (χ3v) is 6.87. The Morgan fingerprint density at radius 1 is 0.950 bits per heavy atom. The van der Waals surface area contributed by atoms with E-state index in [-0.39, 0.29) is 24.4 Å². The van der Waals surface area contributed by atoms with E-state index in [9.17, 15) is 41.3 Å². The minimum atomic E-state index is -4.90. The van der Waals surface area contributed by atoms with Crippen molar-refractivity contribution in [2.75, 3.05) is 37.7 Å². The van der Waals surface area contributed by atoms with Gasteiger partial charge in [-0.05, 0) is 49.9 Å². The van der Waals surface area contributed by atoms with Crippen molar-refractivity contribution in [2.24, 2.45) is 0 Å². The van der Waals surface area contributed by atoms with Gasteiger partial charge in [-0.3, -0.25) is 14.9 Å². The first-order valence-electron chi connectivity index (χ1n) is 12.5. The topological polar surface area (TPSA) is 98.0 Å². The number of nitro groups is 1. The number of ether oxygens (including phenoxy) is 2. The third-order valence-electron chi connectivity index (χ3n) is 6.87. The van der Waals surface area contributed by atoms with E-state index in [2.05, 4.69) is 4.98 Å². The largest absolute Gasteiger partial charge is 0.490 e. The van der Waals surface area contributed by atoms with Gasteiger partial charge in [-0.1, -0.05) is 0 Å². The summed E-state index contributed by atoms with van der Waals surface area (Å²) in [5, 5.41) is 10.9. The molecule has 1 aromatic heterocycles. The standard InChI is InChI=1S/C25H26F6N4O5/c26-24(27,28)16-1-8-22(32-14-16)33-9-11-34(12-10-33)23(36)15-39-17-2-4-18(5-3-17)40-19-6-7-21(35(37)38)20(13-19)25(29,30)31/h1,6-8,13-14,17-18H,2-5,9-12,15H2. The molecule has 0 bridgehead atoms. The van der Waals surface area contributed by atoms with Crippen LogP contribution in [0, 0.1) is 10.1 Å². The number of halogens is 6. The maximum absolute atomic E-state index is 13.2. The summed E-state index contributed by atoms with van der Waals surface area (Å²) in [7, 11) is 0. The van der Waals surface area contributed by atoms with E-state index in [1.807, 2.05) is 0 Å². The van der Waals surface area contributed by atoms with Crippen molar-refractivity contribution in [1.29, 1.82) is 0 Å². The highest BCUT2D eigenvalue weighted by Gasteiger charge is 2.39. The number of carbonyl (C=O) groups excluding carboxylic acids is 1. The van der Waals surface area contributed by atoms with Gasteiger partial charge in [-0.2, -0.15) is 26.3 Å². The Hall–Kier alpha value is -3.62. The van der Waals surface area contributed by atoms with Gasteiger partial charge >= 0.3 is 12.4 Å². The molecule has 2 heterocycles. The SMILES string of the molecule is O=C(COC1CCC(Oc2ccc([N+](=O)[O-])c(C(F)(F)F)c2)CC1)N1CCN(c2ccc(C(F)(F)F)cn2)CC1. The molecular weight excluding hydrogens is 550 g/mol. The second-order valence-electron chi connectivity index (χ2n) is 9.53. The van der Waals surface area contributed by atoms with Crippen molar-refractivity contribution in [3.8, 4) is 5.75 Å². The van der Waals surface area contributed by atoms with Crippen LogP contribution in [-0.4, -0.2) is 65.7 Å². The van der Waals surface area contributed by atoms with Crippen LogP contribution in [0.15, 0.2) is 36.5 Å². The van der Waals surface area contributed by atoms with E-state index in [1.165, 1.54) is 6.07 Å². The molecule has 1 saturated heterocycles. The molecule has 0 atom stereocenters. The Morgan fingerprint density at radius 2 is 1.60 bits per heavy atom. The lowest BCUT2D eigenvalue weighted by atomic mass is 9.95. The van der Waals surface area contributed by atoms with Gasteiger partial charge in [-0.15, -0.1) is 0 Å². The number of anilines is 1. The van der Waals surface area contributed by atoms with Gasteiger partial charge in [0.25, 0.3) is 5.69 Å². The zero-order valence-electron chi connectivity index (χ0n) is 21.1. The van der Waals surface area contributed by atoms with E-state index in [0.29, 0.717) is 63.7 Å². The predicted octanol–water partition coefficient (Wildman–Crippen LogP) is 5.08. The molecule has 40 heavy (non-hydrogen) atoms. The Kier molecular flexibility index (Phi) is 8.71. The molecule has 15 heteroatoms. The number of aromatic nitrogens is 1. The van der Waals surface area contributed by atoms with Gasteiger partial charge in [0.1, 0.15) is 23.7 Å². The zero-order chi connectivity index (χ0) is 29.1. The minimum Gasteiger partial charge on any atom is -0.490 e. The fourth-order valence-electron chi connectivity index (χ4n) is 4.69. The van der Waals surface area contributed by atoms with Gasteiger partial charge in [0.2, 0.25) is 5.91 Å². The van der Waals surface area contributed by atoms with Crippen LogP contribution in [0.25, 0.3) is 0 Å². The molecule has 2 aromatic rings. The molecule has 4 rings (SSSR count). The number of nitrogens with zero attached hydrogens (tertiary/aromatic N) is 4. The van der Waals surface area contributed by atoms with Crippen molar-refractivity contribution < 1.29 is 45.5 Å². The summed E-state index contributed by atoms with van der Waals surface area (Å²) >= 11 is 0. The quantitative estimate of drug-likeness (QED) is 0.258. The highest BCUT2D eigenvalue weighted by atomic mass is 19.4. The van der Waals surface area contributed by atoms with Crippen molar-refractivity contribution in [2.45, 2.75) is 50.2 Å². The normalized spacial score (nSPS) is 20.4. The number of piperazine rings is 1. The fraction of sp³-hybridized carbons (Fsp3) is 0.520. The highest BCUT2D eigenvalue weighted by Crippen LogP contribution is 2.39. The maximum Gasteiger partial charge on any atom is 0.423 e. The second kappa shape index (κ2) is 11.9.